The average Bonchev–Trinajstić information content (AvgIpc) is 1.96. The Balaban J connectivity index is 3.21. The van der Waals surface area contributed by atoms with Crippen LogP contribution in [0.3, 0.4) is 0 Å². The average molecular weight is 233 g/mol. The van der Waals surface area contributed by atoms with Crippen molar-refractivity contribution in [3.05, 3.63) is 28.2 Å². The summed E-state index contributed by atoms with van der Waals surface area (Å²) in [7, 11) is 0. The molecule has 5 heteroatoms. The van der Waals surface area contributed by atoms with Gasteiger partial charge in [0, 0.05) is 10.5 Å². The van der Waals surface area contributed by atoms with E-state index in [1.807, 2.05) is 0 Å². The van der Waals surface area contributed by atoms with Crippen molar-refractivity contribution in [2.75, 3.05) is 5.32 Å². The van der Waals surface area contributed by atoms with Crippen LogP contribution in [0.2, 0.25) is 0 Å². The van der Waals surface area contributed by atoms with E-state index < -0.39 is 11.6 Å². The van der Waals surface area contributed by atoms with E-state index in [-0.39, 0.29) is 10.2 Å². The van der Waals surface area contributed by atoms with Gasteiger partial charge in [-0.05, 0) is 22.0 Å². The van der Waals surface area contributed by atoms with Gasteiger partial charge in [0.05, 0.1) is 5.69 Å². The molecule has 1 aromatic rings. The molecule has 0 spiro atoms. The van der Waals surface area contributed by atoms with Gasteiger partial charge in [0.15, 0.2) is 12.0 Å². The highest BCUT2D eigenvalue weighted by atomic mass is 79.9. The second-order valence-electron chi connectivity index (χ2n) is 1.98. The van der Waals surface area contributed by atoms with Gasteiger partial charge in [-0.15, -0.1) is 0 Å². The Hall–Kier alpha value is -1.15. The summed E-state index contributed by atoms with van der Waals surface area (Å²) >= 11 is 2.91. The molecule has 0 unspecified atom stereocenters. The predicted octanol–water partition coefficient (Wildman–Crippen LogP) is 2.62. The van der Waals surface area contributed by atoms with E-state index in [1.165, 1.54) is 0 Å². The molecule has 1 aromatic carbocycles. The van der Waals surface area contributed by atoms with Crippen molar-refractivity contribution in [1.29, 1.82) is 5.26 Å². The molecular weight excluding hydrogens is 230 g/mol. The van der Waals surface area contributed by atoms with Gasteiger partial charge in [-0.3, -0.25) is 5.32 Å². The first kappa shape index (κ1) is 8.94. The van der Waals surface area contributed by atoms with E-state index in [4.69, 9.17) is 5.26 Å². The monoisotopic (exact) mass is 232 g/mol. The molecule has 0 saturated heterocycles. The van der Waals surface area contributed by atoms with Crippen molar-refractivity contribution in [3.63, 3.8) is 0 Å². The van der Waals surface area contributed by atoms with E-state index >= 15 is 0 Å². The quantitative estimate of drug-likeness (QED) is 0.597. The Bertz CT molecular complexity index is 323. The highest BCUT2D eigenvalue weighted by Gasteiger charge is 2.07. The van der Waals surface area contributed by atoms with Crippen LogP contribution in [0.5, 0.6) is 0 Å². The molecule has 0 radical (unpaired) electrons. The smallest absolute Gasteiger partial charge is 0.181 e. The topological polar surface area (TPSA) is 35.8 Å². The number of rotatable bonds is 1. The van der Waals surface area contributed by atoms with Crippen molar-refractivity contribution >= 4 is 21.6 Å². The normalized spacial score (nSPS) is 9.17. The van der Waals surface area contributed by atoms with Gasteiger partial charge < -0.3 is 0 Å². The number of nitriles is 1. The second kappa shape index (κ2) is 3.50. The molecular formula is C7H3BrF2N2. The first-order valence-electron chi connectivity index (χ1n) is 2.95. The van der Waals surface area contributed by atoms with E-state index in [0.29, 0.717) is 6.07 Å². The van der Waals surface area contributed by atoms with Crippen molar-refractivity contribution in [1.82, 2.24) is 0 Å². The Kier molecular flexibility index (Phi) is 2.61. The van der Waals surface area contributed by atoms with Gasteiger partial charge in [-0.1, -0.05) is 0 Å². The lowest BCUT2D eigenvalue weighted by Crippen LogP contribution is -1.94. The van der Waals surface area contributed by atoms with Crippen LogP contribution < -0.4 is 5.32 Å². The standard InChI is InChI=1S/C7H3BrF2N2/c8-5-1-4(9)2-6(10)7(5)12-3-11/h1-2,12H. The highest BCUT2D eigenvalue weighted by molar-refractivity contribution is 9.10. The van der Waals surface area contributed by atoms with E-state index in [1.54, 1.807) is 6.19 Å². The van der Waals surface area contributed by atoms with Crippen LogP contribution in [-0.4, -0.2) is 0 Å². The van der Waals surface area contributed by atoms with Gasteiger partial charge in [0.1, 0.15) is 5.82 Å². The summed E-state index contributed by atoms with van der Waals surface area (Å²) in [6.45, 7) is 0. The van der Waals surface area contributed by atoms with Crippen LogP contribution in [0.15, 0.2) is 16.6 Å². The van der Waals surface area contributed by atoms with Gasteiger partial charge in [-0.25, -0.2) is 8.78 Å². The van der Waals surface area contributed by atoms with E-state index in [2.05, 4.69) is 21.2 Å². The van der Waals surface area contributed by atoms with Crippen molar-refractivity contribution < 1.29 is 8.78 Å². The summed E-state index contributed by atoms with van der Waals surface area (Å²) in [5.74, 6) is -1.49. The number of halogens is 3. The fraction of sp³-hybridized carbons (Fsp3) is 0. The Morgan fingerprint density at radius 2 is 2.08 bits per heavy atom. The van der Waals surface area contributed by atoms with Gasteiger partial charge in [0.2, 0.25) is 0 Å². The molecule has 0 bridgehead atoms. The van der Waals surface area contributed by atoms with E-state index in [9.17, 15) is 8.78 Å². The number of benzene rings is 1. The minimum absolute atomic E-state index is 0.0566. The van der Waals surface area contributed by atoms with Crippen molar-refractivity contribution in [2.24, 2.45) is 0 Å². The number of anilines is 1. The minimum Gasteiger partial charge on any atom is -0.289 e. The van der Waals surface area contributed by atoms with Crippen LogP contribution in [-0.2, 0) is 0 Å². The number of hydrogen-bond donors (Lipinski definition) is 1. The molecule has 0 aliphatic rings. The van der Waals surface area contributed by atoms with Crippen LogP contribution in [0, 0.1) is 23.1 Å². The van der Waals surface area contributed by atoms with Crippen molar-refractivity contribution in [2.45, 2.75) is 0 Å². The number of nitrogens with zero attached hydrogens (tertiary/aromatic N) is 1. The molecule has 0 saturated carbocycles. The van der Waals surface area contributed by atoms with Gasteiger partial charge >= 0.3 is 0 Å². The second-order valence-corrected chi connectivity index (χ2v) is 2.84. The van der Waals surface area contributed by atoms with Crippen LogP contribution in [0.25, 0.3) is 0 Å². The number of hydrogen-bond acceptors (Lipinski definition) is 2. The lowest BCUT2D eigenvalue weighted by molar-refractivity contribution is 0.584. The summed E-state index contributed by atoms with van der Waals surface area (Å²) in [5.41, 5.74) is -0.0566. The lowest BCUT2D eigenvalue weighted by Gasteiger charge is -2.02. The largest absolute Gasteiger partial charge is 0.289 e. The molecule has 0 aromatic heterocycles. The van der Waals surface area contributed by atoms with E-state index in [0.717, 1.165) is 6.07 Å². The van der Waals surface area contributed by atoms with Gasteiger partial charge in [-0.2, -0.15) is 5.26 Å². The maximum atomic E-state index is 12.8. The SMILES string of the molecule is N#CNc1c(F)cc(F)cc1Br. The molecule has 0 atom stereocenters. The summed E-state index contributed by atoms with van der Waals surface area (Å²) in [6.07, 6.45) is 1.54. The third-order valence-electron chi connectivity index (χ3n) is 1.19. The molecule has 0 fully saturated rings. The molecule has 1 rings (SSSR count). The zero-order valence-corrected chi connectivity index (χ0v) is 7.32. The Morgan fingerprint density at radius 3 is 2.58 bits per heavy atom. The molecule has 0 heterocycles. The maximum Gasteiger partial charge on any atom is 0.181 e. The third-order valence-corrected chi connectivity index (χ3v) is 1.81. The summed E-state index contributed by atoms with van der Waals surface area (Å²) in [6, 6.07) is 1.77. The van der Waals surface area contributed by atoms with Crippen LogP contribution in [0.4, 0.5) is 14.5 Å². The Morgan fingerprint density at radius 1 is 1.42 bits per heavy atom. The maximum absolute atomic E-state index is 12.8. The summed E-state index contributed by atoms with van der Waals surface area (Å²) in [5, 5.41) is 10.3. The van der Waals surface area contributed by atoms with Crippen LogP contribution in [0.1, 0.15) is 0 Å². The molecule has 1 N–H and O–H groups in total. The third kappa shape index (κ3) is 1.71. The van der Waals surface area contributed by atoms with Gasteiger partial charge in [0.25, 0.3) is 0 Å². The lowest BCUT2D eigenvalue weighted by atomic mass is 10.3. The van der Waals surface area contributed by atoms with Crippen molar-refractivity contribution in [3.8, 4) is 6.19 Å². The van der Waals surface area contributed by atoms with Crippen LogP contribution >= 0.6 is 15.9 Å². The first-order valence-corrected chi connectivity index (χ1v) is 3.74. The molecule has 0 aliphatic carbocycles. The minimum atomic E-state index is -0.802. The number of nitrogens with one attached hydrogen (secondary N) is 1. The molecule has 0 aliphatic heterocycles. The Labute approximate surface area is 75.9 Å². The summed E-state index contributed by atoms with van der Waals surface area (Å²) in [4.78, 5) is 0. The molecule has 2 nitrogen and oxygen atoms in total. The summed E-state index contributed by atoms with van der Waals surface area (Å²) < 4.78 is 25.5. The fourth-order valence-electron chi connectivity index (χ4n) is 0.718. The molecule has 12 heavy (non-hydrogen) atoms. The fourth-order valence-corrected chi connectivity index (χ4v) is 1.22. The molecule has 62 valence electrons. The zero-order valence-electron chi connectivity index (χ0n) is 5.74. The predicted molar refractivity (Wildman–Crippen MR) is 43.3 cm³/mol. The highest BCUT2D eigenvalue weighted by Crippen LogP contribution is 2.26. The first-order chi connectivity index (χ1) is 5.65. The molecule has 0 amide bonds. The zero-order chi connectivity index (χ0) is 9.14.